The zero-order valence-electron chi connectivity index (χ0n) is 5.97. The van der Waals surface area contributed by atoms with Gasteiger partial charge in [0.25, 0.3) is 6.43 Å². The summed E-state index contributed by atoms with van der Waals surface area (Å²) in [5.74, 6) is 0. The van der Waals surface area contributed by atoms with Crippen LogP contribution < -0.4 is 0 Å². The van der Waals surface area contributed by atoms with Gasteiger partial charge in [-0.05, 0) is 22.6 Å². The Morgan fingerprint density at radius 3 is 2.58 bits per heavy atom. The number of aliphatic hydroxyl groups is 1. The normalized spacial score (nSPS) is 10.8. The number of hydrogen-bond acceptors (Lipinski definition) is 2. The molecule has 0 atom stereocenters. The molecule has 0 aromatic carbocycles. The van der Waals surface area contributed by atoms with Crippen molar-refractivity contribution in [1.29, 1.82) is 0 Å². The fourth-order valence-electron chi connectivity index (χ4n) is 0.832. The molecule has 0 saturated carbocycles. The van der Waals surface area contributed by atoms with E-state index in [1.165, 1.54) is 6.20 Å². The van der Waals surface area contributed by atoms with E-state index in [1.54, 1.807) is 0 Å². The predicted molar refractivity (Wildman–Crippen MR) is 47.8 cm³/mol. The van der Waals surface area contributed by atoms with Crippen LogP contribution in [0, 0.1) is 3.57 Å². The Balaban J connectivity index is 3.18. The summed E-state index contributed by atoms with van der Waals surface area (Å²) in [6, 6.07) is 0. The number of rotatable bonds is 2. The van der Waals surface area contributed by atoms with Crippen molar-refractivity contribution >= 4 is 22.6 Å². The fraction of sp³-hybridized carbons (Fsp3) is 0.286. The van der Waals surface area contributed by atoms with Crippen molar-refractivity contribution in [2.45, 2.75) is 13.0 Å². The van der Waals surface area contributed by atoms with Gasteiger partial charge in [-0.25, -0.2) is 8.78 Å². The molecule has 1 aromatic heterocycles. The van der Waals surface area contributed by atoms with E-state index in [2.05, 4.69) is 4.98 Å². The molecule has 0 aliphatic carbocycles. The lowest BCUT2D eigenvalue weighted by Gasteiger charge is -2.06. The second-order valence-corrected chi connectivity index (χ2v) is 3.31. The van der Waals surface area contributed by atoms with Crippen LogP contribution in [0.1, 0.15) is 17.6 Å². The fourth-order valence-corrected chi connectivity index (χ4v) is 1.47. The maximum absolute atomic E-state index is 12.2. The van der Waals surface area contributed by atoms with Crippen molar-refractivity contribution in [2.75, 3.05) is 0 Å². The van der Waals surface area contributed by atoms with Crippen molar-refractivity contribution in [1.82, 2.24) is 4.98 Å². The molecule has 1 rings (SSSR count). The zero-order chi connectivity index (χ0) is 9.14. The first-order valence-corrected chi connectivity index (χ1v) is 4.26. The lowest BCUT2D eigenvalue weighted by Crippen LogP contribution is -1.98. The summed E-state index contributed by atoms with van der Waals surface area (Å²) >= 11 is 1.86. The minimum atomic E-state index is -2.57. The maximum atomic E-state index is 12.2. The van der Waals surface area contributed by atoms with E-state index in [4.69, 9.17) is 5.11 Å². The van der Waals surface area contributed by atoms with Crippen molar-refractivity contribution in [3.63, 3.8) is 0 Å². The summed E-state index contributed by atoms with van der Waals surface area (Å²) in [6.07, 6.45) is -0.0505. The molecule has 1 heterocycles. The molecule has 1 N–H and O–H groups in total. The van der Waals surface area contributed by atoms with Gasteiger partial charge < -0.3 is 5.11 Å². The van der Waals surface area contributed by atoms with Gasteiger partial charge in [0.05, 0.1) is 6.61 Å². The standard InChI is InChI=1S/C7H6F2INO/c8-7(9)4-1-11-2-6(10)5(4)3-12/h1-2,7,12H,3H2. The number of aromatic nitrogens is 1. The molecule has 0 amide bonds. The van der Waals surface area contributed by atoms with Gasteiger partial charge in [0.2, 0.25) is 0 Å². The molecule has 0 aliphatic heterocycles. The van der Waals surface area contributed by atoms with Gasteiger partial charge in [-0.3, -0.25) is 4.98 Å². The molecular weight excluding hydrogens is 279 g/mol. The molecule has 0 bridgehead atoms. The van der Waals surface area contributed by atoms with Crippen LogP contribution in [-0.4, -0.2) is 10.1 Å². The van der Waals surface area contributed by atoms with Crippen molar-refractivity contribution in [3.05, 3.63) is 27.1 Å². The first kappa shape index (κ1) is 9.79. The second-order valence-electron chi connectivity index (χ2n) is 2.15. The van der Waals surface area contributed by atoms with E-state index in [1.807, 2.05) is 22.6 Å². The monoisotopic (exact) mass is 285 g/mol. The van der Waals surface area contributed by atoms with Gasteiger partial charge >= 0.3 is 0 Å². The number of aliphatic hydroxyl groups excluding tert-OH is 1. The zero-order valence-corrected chi connectivity index (χ0v) is 8.12. The first-order chi connectivity index (χ1) is 5.66. The smallest absolute Gasteiger partial charge is 0.265 e. The highest BCUT2D eigenvalue weighted by Gasteiger charge is 2.14. The average molecular weight is 285 g/mol. The van der Waals surface area contributed by atoms with E-state index in [0.717, 1.165) is 6.20 Å². The van der Waals surface area contributed by atoms with E-state index in [-0.39, 0.29) is 17.7 Å². The van der Waals surface area contributed by atoms with E-state index < -0.39 is 6.43 Å². The van der Waals surface area contributed by atoms with Gasteiger partial charge in [-0.2, -0.15) is 0 Å². The van der Waals surface area contributed by atoms with Gasteiger partial charge in [0, 0.05) is 27.1 Å². The van der Waals surface area contributed by atoms with Gasteiger partial charge in [0.1, 0.15) is 0 Å². The molecule has 66 valence electrons. The number of hydrogen-bond donors (Lipinski definition) is 1. The van der Waals surface area contributed by atoms with Crippen LogP contribution in [0.4, 0.5) is 8.78 Å². The minimum absolute atomic E-state index is 0.190. The highest BCUT2D eigenvalue weighted by molar-refractivity contribution is 14.1. The summed E-state index contributed by atoms with van der Waals surface area (Å²) in [7, 11) is 0. The molecule has 2 nitrogen and oxygen atoms in total. The molecule has 0 unspecified atom stereocenters. The molecule has 12 heavy (non-hydrogen) atoms. The van der Waals surface area contributed by atoms with Crippen LogP contribution in [0.5, 0.6) is 0 Å². The molecule has 1 aromatic rings. The highest BCUT2D eigenvalue weighted by Crippen LogP contribution is 2.25. The van der Waals surface area contributed by atoms with Crippen LogP contribution in [0.2, 0.25) is 0 Å². The Hall–Kier alpha value is -0.300. The van der Waals surface area contributed by atoms with Gasteiger partial charge in [-0.15, -0.1) is 0 Å². The Morgan fingerprint density at radius 1 is 1.50 bits per heavy atom. The number of alkyl halides is 2. The van der Waals surface area contributed by atoms with Crippen LogP contribution in [0.25, 0.3) is 0 Å². The van der Waals surface area contributed by atoms with Gasteiger partial charge in [-0.1, -0.05) is 0 Å². The van der Waals surface area contributed by atoms with E-state index >= 15 is 0 Å². The minimum Gasteiger partial charge on any atom is -0.392 e. The topological polar surface area (TPSA) is 33.1 Å². The number of halogens is 3. The molecular formula is C7H6F2INO. The highest BCUT2D eigenvalue weighted by atomic mass is 127. The maximum Gasteiger partial charge on any atom is 0.265 e. The van der Waals surface area contributed by atoms with E-state index in [9.17, 15) is 8.78 Å². The molecule has 0 spiro atoms. The summed E-state index contributed by atoms with van der Waals surface area (Å²) in [5, 5.41) is 8.78. The lowest BCUT2D eigenvalue weighted by molar-refractivity contribution is 0.146. The van der Waals surface area contributed by atoms with Crippen LogP contribution in [0.3, 0.4) is 0 Å². The van der Waals surface area contributed by atoms with Crippen molar-refractivity contribution in [2.24, 2.45) is 0 Å². The third-order valence-corrected chi connectivity index (χ3v) is 2.36. The SMILES string of the molecule is OCc1c(I)cncc1C(F)F. The molecule has 0 fully saturated rings. The third-order valence-electron chi connectivity index (χ3n) is 1.43. The average Bonchev–Trinajstić information content (AvgIpc) is 2.03. The summed E-state index contributed by atoms with van der Waals surface area (Å²) in [6.45, 7) is -0.375. The Labute approximate surface area is 81.8 Å². The Morgan fingerprint density at radius 2 is 2.17 bits per heavy atom. The Bertz CT molecular complexity index is 280. The molecule has 0 saturated heterocycles. The number of nitrogens with zero attached hydrogens (tertiary/aromatic N) is 1. The third kappa shape index (κ3) is 1.89. The van der Waals surface area contributed by atoms with Crippen molar-refractivity contribution in [3.8, 4) is 0 Å². The lowest BCUT2D eigenvalue weighted by atomic mass is 10.1. The predicted octanol–water partition coefficient (Wildman–Crippen LogP) is 2.12. The van der Waals surface area contributed by atoms with E-state index in [0.29, 0.717) is 3.57 Å². The first-order valence-electron chi connectivity index (χ1n) is 3.18. The van der Waals surface area contributed by atoms with Crippen molar-refractivity contribution < 1.29 is 13.9 Å². The van der Waals surface area contributed by atoms with Gasteiger partial charge in [0.15, 0.2) is 0 Å². The second kappa shape index (κ2) is 4.08. The largest absolute Gasteiger partial charge is 0.392 e. The van der Waals surface area contributed by atoms with Crippen LogP contribution >= 0.6 is 22.6 Å². The number of pyridine rings is 1. The van der Waals surface area contributed by atoms with Crippen LogP contribution in [0.15, 0.2) is 12.4 Å². The molecule has 0 radical (unpaired) electrons. The molecule has 0 aliphatic rings. The quantitative estimate of drug-likeness (QED) is 0.844. The summed E-state index contributed by atoms with van der Waals surface area (Å²) in [4.78, 5) is 3.62. The summed E-state index contributed by atoms with van der Waals surface area (Å²) in [5.41, 5.74) is 0.0741. The summed E-state index contributed by atoms with van der Waals surface area (Å²) < 4.78 is 25.0. The van der Waals surface area contributed by atoms with Crippen LogP contribution in [-0.2, 0) is 6.61 Å². The molecule has 5 heteroatoms. The Kier molecular flexibility index (Phi) is 3.33.